The van der Waals surface area contributed by atoms with Crippen molar-refractivity contribution in [2.75, 3.05) is 20.3 Å². The fraction of sp³-hybridized carbons (Fsp3) is 1.00. The van der Waals surface area contributed by atoms with Crippen LogP contribution in [0.1, 0.15) is 51.9 Å². The first-order chi connectivity index (χ1) is 9.24. The van der Waals surface area contributed by atoms with Gasteiger partial charge in [0.05, 0.1) is 11.7 Å². The highest BCUT2D eigenvalue weighted by Crippen LogP contribution is 2.44. The predicted octanol–water partition coefficient (Wildman–Crippen LogP) is 2.74. The fourth-order valence-corrected chi connectivity index (χ4v) is 4.76. The zero-order valence-corrected chi connectivity index (χ0v) is 12.5. The quantitative estimate of drug-likeness (QED) is 0.853. The van der Waals surface area contributed by atoms with Crippen molar-refractivity contribution in [3.63, 3.8) is 0 Å². The number of hydrogen-bond donors (Lipinski definition) is 1. The first kappa shape index (κ1) is 13.8. The van der Waals surface area contributed by atoms with Crippen molar-refractivity contribution in [2.24, 2.45) is 11.8 Å². The summed E-state index contributed by atoms with van der Waals surface area (Å²) in [6, 6.07) is 0.610. The Morgan fingerprint density at radius 1 is 1.16 bits per heavy atom. The molecule has 0 aromatic carbocycles. The summed E-state index contributed by atoms with van der Waals surface area (Å²) in [5.41, 5.74) is 0.237. The van der Waals surface area contributed by atoms with Gasteiger partial charge in [0.2, 0.25) is 0 Å². The molecule has 0 amide bonds. The Morgan fingerprint density at radius 2 is 1.95 bits per heavy atom. The maximum Gasteiger partial charge on any atom is 0.0685 e. The second kappa shape index (κ2) is 5.71. The Bertz CT molecular complexity index is 301. The second-order valence-electron chi connectivity index (χ2n) is 6.83. The van der Waals surface area contributed by atoms with Crippen LogP contribution in [-0.2, 0) is 9.47 Å². The van der Waals surface area contributed by atoms with Gasteiger partial charge in [-0.15, -0.1) is 0 Å². The minimum absolute atomic E-state index is 0.237. The summed E-state index contributed by atoms with van der Waals surface area (Å²) in [4.78, 5) is 0. The molecule has 0 aromatic heterocycles. The smallest absolute Gasteiger partial charge is 0.0685 e. The molecule has 19 heavy (non-hydrogen) atoms. The second-order valence-corrected chi connectivity index (χ2v) is 6.83. The van der Waals surface area contributed by atoms with E-state index in [0.29, 0.717) is 18.1 Å². The fourth-order valence-electron chi connectivity index (χ4n) is 4.76. The maximum absolute atomic E-state index is 6.18. The highest BCUT2D eigenvalue weighted by atomic mass is 16.5. The summed E-state index contributed by atoms with van der Waals surface area (Å²) in [5.74, 6) is 1.46. The molecule has 1 N–H and O–H groups in total. The molecule has 0 aromatic rings. The molecule has 3 heteroatoms. The van der Waals surface area contributed by atoms with Crippen molar-refractivity contribution in [1.82, 2.24) is 5.32 Å². The van der Waals surface area contributed by atoms with Gasteiger partial charge in [-0.1, -0.05) is 12.8 Å². The summed E-state index contributed by atoms with van der Waals surface area (Å²) in [6.45, 7) is 4.15. The standard InChI is InChI=1S/C16H29NO2/c1-12-14(6-9-18-12)15(17-2)13-5-10-19-16(11-13)7-3-4-8-16/h12-15,17H,3-11H2,1-2H3. The van der Waals surface area contributed by atoms with Crippen molar-refractivity contribution in [2.45, 2.75) is 69.6 Å². The van der Waals surface area contributed by atoms with Crippen molar-refractivity contribution in [1.29, 1.82) is 0 Å². The number of nitrogens with one attached hydrogen (secondary N) is 1. The van der Waals surface area contributed by atoms with Crippen LogP contribution in [0.3, 0.4) is 0 Å². The van der Waals surface area contributed by atoms with Gasteiger partial charge < -0.3 is 14.8 Å². The number of ether oxygens (including phenoxy) is 2. The molecule has 3 fully saturated rings. The van der Waals surface area contributed by atoms with Crippen molar-refractivity contribution < 1.29 is 9.47 Å². The molecule has 1 aliphatic carbocycles. The molecular weight excluding hydrogens is 238 g/mol. The summed E-state index contributed by atoms with van der Waals surface area (Å²) < 4.78 is 12.0. The summed E-state index contributed by atoms with van der Waals surface area (Å²) in [7, 11) is 2.13. The van der Waals surface area contributed by atoms with Gasteiger partial charge in [0.15, 0.2) is 0 Å². The number of hydrogen-bond acceptors (Lipinski definition) is 3. The molecule has 3 rings (SSSR count). The third-order valence-corrected chi connectivity index (χ3v) is 5.78. The normalized spacial score (nSPS) is 39.8. The van der Waals surface area contributed by atoms with E-state index >= 15 is 0 Å². The van der Waals surface area contributed by atoms with Gasteiger partial charge in [0.1, 0.15) is 0 Å². The Balaban J connectivity index is 1.68. The average Bonchev–Trinajstić information content (AvgIpc) is 3.02. The highest BCUT2D eigenvalue weighted by molar-refractivity contribution is 4.97. The SMILES string of the molecule is CNC(C1CCOC2(CCCC2)C1)C1CCOC1C. The molecule has 1 saturated carbocycles. The lowest BCUT2D eigenvalue weighted by Gasteiger charge is -2.43. The molecule has 2 aliphatic heterocycles. The molecule has 0 bridgehead atoms. The van der Waals surface area contributed by atoms with Gasteiger partial charge in [-0.2, -0.15) is 0 Å². The van der Waals surface area contributed by atoms with Gasteiger partial charge in [-0.25, -0.2) is 0 Å². The minimum Gasteiger partial charge on any atom is -0.378 e. The van der Waals surface area contributed by atoms with Crippen LogP contribution in [0.4, 0.5) is 0 Å². The third-order valence-electron chi connectivity index (χ3n) is 5.78. The molecule has 4 unspecified atom stereocenters. The molecule has 4 atom stereocenters. The predicted molar refractivity (Wildman–Crippen MR) is 76.2 cm³/mol. The summed E-state index contributed by atoms with van der Waals surface area (Å²) in [6.07, 6.45) is 9.42. The average molecular weight is 267 g/mol. The molecule has 3 aliphatic rings. The van der Waals surface area contributed by atoms with Crippen molar-refractivity contribution >= 4 is 0 Å². The van der Waals surface area contributed by atoms with Crippen LogP contribution in [0.25, 0.3) is 0 Å². The van der Waals surface area contributed by atoms with Crippen LogP contribution in [-0.4, -0.2) is 38.0 Å². The van der Waals surface area contributed by atoms with Crippen molar-refractivity contribution in [3.8, 4) is 0 Å². The number of rotatable bonds is 3. The van der Waals surface area contributed by atoms with E-state index in [0.717, 1.165) is 19.1 Å². The first-order valence-corrected chi connectivity index (χ1v) is 8.17. The van der Waals surface area contributed by atoms with Crippen LogP contribution >= 0.6 is 0 Å². The Labute approximate surface area is 117 Å². The van der Waals surface area contributed by atoms with E-state index in [2.05, 4.69) is 19.3 Å². The minimum atomic E-state index is 0.237. The molecular formula is C16H29NO2. The zero-order valence-electron chi connectivity index (χ0n) is 12.5. The largest absolute Gasteiger partial charge is 0.378 e. The van der Waals surface area contributed by atoms with E-state index in [1.165, 1.54) is 44.9 Å². The molecule has 3 nitrogen and oxygen atoms in total. The Kier molecular flexibility index (Phi) is 4.16. The third kappa shape index (κ3) is 2.70. The van der Waals surface area contributed by atoms with Gasteiger partial charge >= 0.3 is 0 Å². The van der Waals surface area contributed by atoms with Gasteiger partial charge in [-0.3, -0.25) is 0 Å². The maximum atomic E-state index is 6.18. The Morgan fingerprint density at radius 3 is 2.58 bits per heavy atom. The highest BCUT2D eigenvalue weighted by Gasteiger charge is 2.44. The van der Waals surface area contributed by atoms with E-state index in [-0.39, 0.29) is 5.60 Å². The van der Waals surface area contributed by atoms with E-state index in [1.807, 2.05) is 0 Å². The Hall–Kier alpha value is -0.120. The topological polar surface area (TPSA) is 30.5 Å². The molecule has 1 spiro atoms. The van der Waals surface area contributed by atoms with Crippen LogP contribution < -0.4 is 5.32 Å². The molecule has 2 heterocycles. The van der Waals surface area contributed by atoms with Gasteiger partial charge in [-0.05, 0) is 52.0 Å². The van der Waals surface area contributed by atoms with Crippen LogP contribution in [0.5, 0.6) is 0 Å². The first-order valence-electron chi connectivity index (χ1n) is 8.17. The van der Waals surface area contributed by atoms with Crippen LogP contribution in [0, 0.1) is 11.8 Å². The monoisotopic (exact) mass is 267 g/mol. The summed E-state index contributed by atoms with van der Waals surface area (Å²) >= 11 is 0. The van der Waals surface area contributed by atoms with Gasteiger partial charge in [0.25, 0.3) is 0 Å². The molecule has 110 valence electrons. The van der Waals surface area contributed by atoms with E-state index in [4.69, 9.17) is 9.47 Å². The van der Waals surface area contributed by atoms with Gasteiger partial charge in [0, 0.05) is 25.2 Å². The van der Waals surface area contributed by atoms with Crippen LogP contribution in [0.2, 0.25) is 0 Å². The zero-order chi connectivity index (χ0) is 13.3. The van der Waals surface area contributed by atoms with E-state index in [9.17, 15) is 0 Å². The van der Waals surface area contributed by atoms with E-state index < -0.39 is 0 Å². The summed E-state index contributed by atoms with van der Waals surface area (Å²) in [5, 5.41) is 3.61. The molecule has 0 radical (unpaired) electrons. The van der Waals surface area contributed by atoms with E-state index in [1.54, 1.807) is 0 Å². The molecule has 2 saturated heterocycles. The lowest BCUT2D eigenvalue weighted by molar-refractivity contribution is -0.102. The van der Waals surface area contributed by atoms with Crippen LogP contribution in [0.15, 0.2) is 0 Å². The lowest BCUT2D eigenvalue weighted by Crippen LogP contribution is -2.49. The lowest BCUT2D eigenvalue weighted by atomic mass is 9.75. The van der Waals surface area contributed by atoms with Crippen molar-refractivity contribution in [3.05, 3.63) is 0 Å².